The monoisotopic (exact) mass is 351 g/mol. The zero-order valence-electron chi connectivity index (χ0n) is 15.1. The summed E-state index contributed by atoms with van der Waals surface area (Å²) in [7, 11) is 0. The van der Waals surface area contributed by atoms with Crippen molar-refractivity contribution in [3.8, 4) is 0 Å². The van der Waals surface area contributed by atoms with E-state index in [-0.39, 0.29) is 5.91 Å². The van der Waals surface area contributed by atoms with E-state index in [0.29, 0.717) is 24.7 Å². The number of hydrogen-bond donors (Lipinski definition) is 1. The molecule has 4 rings (SSSR count). The van der Waals surface area contributed by atoms with E-state index in [9.17, 15) is 4.79 Å². The van der Waals surface area contributed by atoms with Gasteiger partial charge in [-0.15, -0.1) is 0 Å². The number of para-hydroxylation sites is 1. The van der Waals surface area contributed by atoms with Gasteiger partial charge in [-0.25, -0.2) is 0 Å². The molecule has 0 bridgehead atoms. The number of carbonyl (C=O) groups excluding carboxylic acids is 1. The highest BCUT2D eigenvalue weighted by Crippen LogP contribution is 2.36. The van der Waals surface area contributed by atoms with Crippen LogP contribution >= 0.6 is 0 Å². The van der Waals surface area contributed by atoms with E-state index < -0.39 is 5.54 Å². The number of amides is 1. The third-order valence-corrected chi connectivity index (χ3v) is 4.80. The van der Waals surface area contributed by atoms with Gasteiger partial charge in [0, 0.05) is 43.7 Å². The third kappa shape index (κ3) is 2.79. The van der Waals surface area contributed by atoms with Crippen LogP contribution in [0.15, 0.2) is 34.9 Å². The quantitative estimate of drug-likeness (QED) is 0.780. The molecule has 7 nitrogen and oxygen atoms in total. The predicted molar refractivity (Wildman–Crippen MR) is 97.8 cm³/mol. The van der Waals surface area contributed by atoms with Gasteiger partial charge in [0.1, 0.15) is 5.54 Å². The van der Waals surface area contributed by atoms with Crippen molar-refractivity contribution >= 4 is 22.5 Å². The number of hydrogen-bond acceptors (Lipinski definition) is 6. The van der Waals surface area contributed by atoms with Gasteiger partial charge >= 0.3 is 0 Å². The van der Waals surface area contributed by atoms with Gasteiger partial charge in [0.15, 0.2) is 5.82 Å². The molecule has 1 saturated heterocycles. The van der Waals surface area contributed by atoms with Crippen LogP contribution in [0.1, 0.15) is 30.8 Å². The molecule has 1 aliphatic rings. The molecular weight excluding hydrogens is 330 g/mol. The second-order valence-corrected chi connectivity index (χ2v) is 6.87. The molecule has 3 heterocycles. The number of aromatic nitrogens is 3. The number of fused-ring (bicyclic) bond motifs is 1. The van der Waals surface area contributed by atoms with E-state index in [1.165, 1.54) is 6.92 Å². The van der Waals surface area contributed by atoms with Crippen molar-refractivity contribution in [2.45, 2.75) is 32.7 Å². The molecule has 0 radical (unpaired) electrons. The molecular formula is C19H21N5O2. The van der Waals surface area contributed by atoms with Gasteiger partial charge < -0.3 is 14.7 Å². The van der Waals surface area contributed by atoms with Crippen molar-refractivity contribution in [3.63, 3.8) is 0 Å². The van der Waals surface area contributed by atoms with Crippen molar-refractivity contribution in [2.75, 3.05) is 18.0 Å². The minimum Gasteiger partial charge on any atom is -0.368 e. The Hall–Kier alpha value is -2.96. The summed E-state index contributed by atoms with van der Waals surface area (Å²) in [6.45, 7) is 6.63. The Labute approximate surface area is 151 Å². The van der Waals surface area contributed by atoms with Gasteiger partial charge in [-0.1, -0.05) is 23.4 Å². The highest BCUT2D eigenvalue weighted by Gasteiger charge is 2.44. The molecule has 3 aromatic rings. The SMILES string of the molecule is CC(=O)N[C@]1(c2noc(C)n2)CCN(c2cc(C)nc3ccccc23)C1. The van der Waals surface area contributed by atoms with Crippen molar-refractivity contribution in [1.82, 2.24) is 20.4 Å². The largest absolute Gasteiger partial charge is 0.368 e. The molecule has 0 aliphatic carbocycles. The average molecular weight is 351 g/mol. The summed E-state index contributed by atoms with van der Waals surface area (Å²) >= 11 is 0. The summed E-state index contributed by atoms with van der Waals surface area (Å²) in [4.78, 5) is 23.1. The van der Waals surface area contributed by atoms with Crippen LogP contribution in [0, 0.1) is 13.8 Å². The number of aryl methyl sites for hydroxylation is 2. The molecule has 1 amide bonds. The van der Waals surface area contributed by atoms with Crippen LogP contribution in [0.3, 0.4) is 0 Å². The zero-order chi connectivity index (χ0) is 18.3. The van der Waals surface area contributed by atoms with Gasteiger partial charge in [-0.3, -0.25) is 9.78 Å². The van der Waals surface area contributed by atoms with Crippen molar-refractivity contribution < 1.29 is 9.32 Å². The Morgan fingerprint density at radius 3 is 2.81 bits per heavy atom. The zero-order valence-corrected chi connectivity index (χ0v) is 15.1. The maximum absolute atomic E-state index is 11.9. The first-order chi connectivity index (χ1) is 12.5. The minimum absolute atomic E-state index is 0.106. The molecule has 1 aliphatic heterocycles. The number of carbonyl (C=O) groups is 1. The van der Waals surface area contributed by atoms with Gasteiger partial charge in [0.2, 0.25) is 11.8 Å². The fourth-order valence-corrected chi connectivity index (χ4v) is 3.73. The molecule has 7 heteroatoms. The lowest BCUT2D eigenvalue weighted by atomic mass is 9.97. The summed E-state index contributed by atoms with van der Waals surface area (Å²) < 4.78 is 5.17. The molecule has 1 aromatic carbocycles. The Balaban J connectivity index is 1.76. The number of anilines is 1. The van der Waals surface area contributed by atoms with Crippen molar-refractivity contribution in [2.24, 2.45) is 0 Å². The number of nitrogens with one attached hydrogen (secondary N) is 1. The summed E-state index contributed by atoms with van der Waals surface area (Å²) in [6.07, 6.45) is 0.710. The van der Waals surface area contributed by atoms with E-state index >= 15 is 0 Å². The van der Waals surface area contributed by atoms with Gasteiger partial charge in [-0.2, -0.15) is 4.98 Å². The van der Waals surface area contributed by atoms with Crippen LogP contribution in [0.2, 0.25) is 0 Å². The summed E-state index contributed by atoms with van der Waals surface area (Å²) in [6, 6.07) is 10.2. The van der Waals surface area contributed by atoms with Crippen molar-refractivity contribution in [1.29, 1.82) is 0 Å². The minimum atomic E-state index is -0.651. The average Bonchev–Trinajstić information content (AvgIpc) is 3.21. The van der Waals surface area contributed by atoms with Crippen LogP contribution in [-0.4, -0.2) is 34.1 Å². The Morgan fingerprint density at radius 2 is 2.08 bits per heavy atom. The first-order valence-electron chi connectivity index (χ1n) is 8.68. The fraction of sp³-hybridized carbons (Fsp3) is 0.368. The molecule has 26 heavy (non-hydrogen) atoms. The molecule has 1 atom stereocenters. The maximum Gasteiger partial charge on any atom is 0.223 e. The van der Waals surface area contributed by atoms with E-state index in [2.05, 4.69) is 37.5 Å². The lowest BCUT2D eigenvalue weighted by Crippen LogP contribution is -2.48. The lowest BCUT2D eigenvalue weighted by Gasteiger charge is -2.28. The number of nitrogens with zero attached hydrogens (tertiary/aromatic N) is 4. The first-order valence-corrected chi connectivity index (χ1v) is 8.68. The third-order valence-electron chi connectivity index (χ3n) is 4.80. The second kappa shape index (κ2) is 6.09. The van der Waals surface area contributed by atoms with Crippen LogP contribution in [0.25, 0.3) is 10.9 Å². The second-order valence-electron chi connectivity index (χ2n) is 6.87. The Kier molecular flexibility index (Phi) is 3.86. The first kappa shape index (κ1) is 16.5. The lowest BCUT2D eigenvalue weighted by molar-refractivity contribution is -0.120. The normalized spacial score (nSPS) is 19.9. The van der Waals surface area contributed by atoms with E-state index in [0.717, 1.165) is 28.8 Å². The van der Waals surface area contributed by atoms with Gasteiger partial charge in [-0.05, 0) is 25.5 Å². The summed E-state index contributed by atoms with van der Waals surface area (Å²) in [5, 5.41) is 8.26. The highest BCUT2D eigenvalue weighted by atomic mass is 16.5. The van der Waals surface area contributed by atoms with Gasteiger partial charge in [0.25, 0.3) is 0 Å². The summed E-state index contributed by atoms with van der Waals surface area (Å²) in [5.41, 5.74) is 2.39. The number of rotatable bonds is 3. The molecule has 0 spiro atoms. The molecule has 134 valence electrons. The van der Waals surface area contributed by atoms with Crippen LogP contribution < -0.4 is 10.2 Å². The van der Waals surface area contributed by atoms with Crippen LogP contribution in [0.4, 0.5) is 5.69 Å². The topological polar surface area (TPSA) is 84.2 Å². The van der Waals surface area contributed by atoms with Crippen LogP contribution in [0.5, 0.6) is 0 Å². The number of benzene rings is 1. The van der Waals surface area contributed by atoms with Gasteiger partial charge in [0.05, 0.1) is 5.52 Å². The molecule has 1 N–H and O–H groups in total. The van der Waals surface area contributed by atoms with Crippen LogP contribution in [-0.2, 0) is 10.3 Å². The fourth-order valence-electron chi connectivity index (χ4n) is 3.73. The maximum atomic E-state index is 11.9. The standard InChI is InChI=1S/C19H21N5O2/c1-12-10-17(15-6-4-5-7-16(15)20-12)24-9-8-19(11-24,22-13(2)25)18-21-14(3)26-23-18/h4-7,10H,8-9,11H2,1-3H3,(H,22,25)/t19-/m1/s1. The Bertz CT molecular complexity index is 983. The molecule has 2 aromatic heterocycles. The Morgan fingerprint density at radius 1 is 1.27 bits per heavy atom. The highest BCUT2D eigenvalue weighted by molar-refractivity contribution is 5.92. The smallest absolute Gasteiger partial charge is 0.223 e. The molecule has 0 unspecified atom stereocenters. The predicted octanol–water partition coefficient (Wildman–Crippen LogP) is 2.48. The summed E-state index contributed by atoms with van der Waals surface area (Å²) in [5.74, 6) is 0.918. The van der Waals surface area contributed by atoms with Crippen molar-refractivity contribution in [3.05, 3.63) is 47.7 Å². The van der Waals surface area contributed by atoms with E-state index in [1.807, 2.05) is 25.1 Å². The molecule has 1 fully saturated rings. The number of pyridine rings is 1. The van der Waals surface area contributed by atoms with E-state index in [4.69, 9.17) is 4.52 Å². The molecule has 0 saturated carbocycles. The van der Waals surface area contributed by atoms with E-state index in [1.54, 1.807) is 6.92 Å².